The second-order valence-corrected chi connectivity index (χ2v) is 6.33. The summed E-state index contributed by atoms with van der Waals surface area (Å²) in [5, 5.41) is 14.1. The fraction of sp³-hybridized carbons (Fsp3) is 0.800. The van der Waals surface area contributed by atoms with Crippen LogP contribution in [0.3, 0.4) is 0 Å². The van der Waals surface area contributed by atoms with Crippen molar-refractivity contribution in [3.05, 3.63) is 0 Å². The van der Waals surface area contributed by atoms with Gasteiger partial charge in [-0.05, 0) is 25.2 Å². The van der Waals surface area contributed by atoms with Gasteiger partial charge in [-0.2, -0.15) is 0 Å². The highest BCUT2D eigenvalue weighted by molar-refractivity contribution is 5.88. The minimum atomic E-state index is -0.601. The molecule has 7 heteroatoms. The lowest BCUT2D eigenvalue weighted by Crippen LogP contribution is -2.43. The van der Waals surface area contributed by atoms with Gasteiger partial charge in [-0.15, -0.1) is 0 Å². The number of nitrogens with one attached hydrogen (secondary N) is 3. The maximum Gasteiger partial charge on any atom is 0.244 e. The van der Waals surface area contributed by atoms with E-state index in [1.165, 1.54) is 5.48 Å². The number of hydrogen-bond donors (Lipinski definition) is 4. The largest absolute Gasteiger partial charge is 0.352 e. The van der Waals surface area contributed by atoms with Gasteiger partial charge >= 0.3 is 0 Å². The van der Waals surface area contributed by atoms with E-state index >= 15 is 0 Å². The summed E-state index contributed by atoms with van der Waals surface area (Å²) in [4.78, 5) is 35.2. The highest BCUT2D eigenvalue weighted by Crippen LogP contribution is 2.17. The molecule has 3 amide bonds. The second-order valence-electron chi connectivity index (χ2n) is 6.33. The third kappa shape index (κ3) is 6.89. The SMILES string of the molecule is CC(C)CC(CC(=O)NO)C(=O)NCC(=O)NC1CCCC1. The van der Waals surface area contributed by atoms with Crippen LogP contribution < -0.4 is 16.1 Å². The van der Waals surface area contributed by atoms with Crippen LogP contribution in [-0.2, 0) is 14.4 Å². The predicted molar refractivity (Wildman–Crippen MR) is 80.9 cm³/mol. The summed E-state index contributed by atoms with van der Waals surface area (Å²) in [6, 6.07) is 0.219. The lowest BCUT2D eigenvalue weighted by molar-refractivity contribution is -0.135. The Hall–Kier alpha value is -1.63. The van der Waals surface area contributed by atoms with Crippen LogP contribution in [0.2, 0.25) is 0 Å². The van der Waals surface area contributed by atoms with Gasteiger partial charge in [0, 0.05) is 18.4 Å². The Morgan fingerprint density at radius 2 is 1.77 bits per heavy atom. The van der Waals surface area contributed by atoms with Gasteiger partial charge in [-0.1, -0.05) is 26.7 Å². The molecule has 0 spiro atoms. The number of carbonyl (C=O) groups is 3. The molecule has 4 N–H and O–H groups in total. The number of rotatable bonds is 8. The molecule has 0 aromatic carbocycles. The van der Waals surface area contributed by atoms with Gasteiger partial charge in [0.1, 0.15) is 0 Å². The molecule has 1 aliphatic rings. The minimum absolute atomic E-state index is 0.0787. The summed E-state index contributed by atoms with van der Waals surface area (Å²) in [6.07, 6.45) is 4.67. The molecule has 0 bridgehead atoms. The van der Waals surface area contributed by atoms with Crippen molar-refractivity contribution < 1.29 is 19.6 Å². The van der Waals surface area contributed by atoms with Crippen molar-refractivity contribution in [3.8, 4) is 0 Å². The van der Waals surface area contributed by atoms with E-state index in [1.54, 1.807) is 0 Å². The predicted octanol–water partition coefficient (Wildman–Crippen LogP) is 0.719. The first-order valence-electron chi connectivity index (χ1n) is 7.92. The molecule has 0 saturated heterocycles. The molecule has 1 fully saturated rings. The molecule has 0 heterocycles. The van der Waals surface area contributed by atoms with Gasteiger partial charge in [0.05, 0.1) is 6.54 Å². The summed E-state index contributed by atoms with van der Waals surface area (Å²) < 4.78 is 0. The van der Waals surface area contributed by atoms with Crippen LogP contribution in [0.5, 0.6) is 0 Å². The van der Waals surface area contributed by atoms with Crippen LogP contribution >= 0.6 is 0 Å². The molecule has 126 valence electrons. The van der Waals surface area contributed by atoms with Crippen LogP contribution in [0.25, 0.3) is 0 Å². The fourth-order valence-electron chi connectivity index (χ4n) is 2.78. The Morgan fingerprint density at radius 3 is 2.32 bits per heavy atom. The van der Waals surface area contributed by atoms with Crippen molar-refractivity contribution in [2.75, 3.05) is 6.54 Å². The first kappa shape index (κ1) is 18.4. The first-order valence-corrected chi connectivity index (χ1v) is 7.92. The third-order valence-corrected chi connectivity index (χ3v) is 3.83. The fourth-order valence-corrected chi connectivity index (χ4v) is 2.78. The molecule has 7 nitrogen and oxygen atoms in total. The van der Waals surface area contributed by atoms with Crippen LogP contribution in [0, 0.1) is 11.8 Å². The summed E-state index contributed by atoms with van der Waals surface area (Å²) in [7, 11) is 0. The monoisotopic (exact) mass is 313 g/mol. The van der Waals surface area contributed by atoms with Crippen molar-refractivity contribution in [1.29, 1.82) is 0 Å². The topological polar surface area (TPSA) is 108 Å². The molecule has 1 rings (SSSR count). The van der Waals surface area contributed by atoms with Gasteiger partial charge in [-0.3, -0.25) is 19.6 Å². The standard InChI is InChI=1S/C15H27N3O4/c1-10(2)7-11(8-13(19)18-22)15(21)16-9-14(20)17-12-5-3-4-6-12/h10-12,22H,3-9H2,1-2H3,(H,16,21)(H,17,20)(H,18,19). The van der Waals surface area contributed by atoms with E-state index in [0.29, 0.717) is 6.42 Å². The zero-order chi connectivity index (χ0) is 16.5. The van der Waals surface area contributed by atoms with E-state index in [2.05, 4.69) is 10.6 Å². The van der Waals surface area contributed by atoms with Crippen LogP contribution in [0.4, 0.5) is 0 Å². The van der Waals surface area contributed by atoms with E-state index in [4.69, 9.17) is 5.21 Å². The lowest BCUT2D eigenvalue weighted by atomic mass is 9.93. The van der Waals surface area contributed by atoms with Crippen LogP contribution in [0.15, 0.2) is 0 Å². The van der Waals surface area contributed by atoms with Crippen molar-refractivity contribution in [3.63, 3.8) is 0 Å². The first-order chi connectivity index (χ1) is 10.4. The zero-order valence-corrected chi connectivity index (χ0v) is 13.4. The Balaban J connectivity index is 2.40. The Labute approximate surface area is 131 Å². The van der Waals surface area contributed by atoms with Crippen molar-refractivity contribution >= 4 is 17.7 Å². The molecular formula is C15H27N3O4. The van der Waals surface area contributed by atoms with Crippen LogP contribution in [-0.4, -0.2) is 35.5 Å². The van der Waals surface area contributed by atoms with E-state index < -0.39 is 11.8 Å². The molecule has 1 aliphatic carbocycles. The maximum atomic E-state index is 12.1. The molecule has 0 aliphatic heterocycles. The average molecular weight is 313 g/mol. The summed E-state index contributed by atoms with van der Waals surface area (Å²) in [5.74, 6) is -1.45. The Kier molecular flexibility index (Phi) is 7.87. The minimum Gasteiger partial charge on any atom is -0.352 e. The van der Waals surface area contributed by atoms with Gasteiger partial charge in [0.15, 0.2) is 0 Å². The number of hydroxylamine groups is 1. The van der Waals surface area contributed by atoms with Gasteiger partial charge in [0.2, 0.25) is 17.7 Å². The molecular weight excluding hydrogens is 286 g/mol. The molecule has 0 radical (unpaired) electrons. The molecule has 1 unspecified atom stereocenters. The van der Waals surface area contributed by atoms with Gasteiger partial charge in [0.25, 0.3) is 0 Å². The lowest BCUT2D eigenvalue weighted by Gasteiger charge is -2.18. The van der Waals surface area contributed by atoms with Gasteiger partial charge < -0.3 is 10.6 Å². The van der Waals surface area contributed by atoms with Gasteiger partial charge in [-0.25, -0.2) is 5.48 Å². The Morgan fingerprint density at radius 1 is 1.14 bits per heavy atom. The molecule has 22 heavy (non-hydrogen) atoms. The van der Waals surface area contributed by atoms with Crippen molar-refractivity contribution in [1.82, 2.24) is 16.1 Å². The van der Waals surface area contributed by atoms with E-state index in [0.717, 1.165) is 25.7 Å². The summed E-state index contributed by atoms with van der Waals surface area (Å²) in [6.45, 7) is 3.82. The highest BCUT2D eigenvalue weighted by atomic mass is 16.5. The third-order valence-electron chi connectivity index (χ3n) is 3.83. The van der Waals surface area contributed by atoms with Crippen molar-refractivity contribution in [2.45, 2.75) is 58.4 Å². The maximum absolute atomic E-state index is 12.1. The van der Waals surface area contributed by atoms with E-state index in [9.17, 15) is 14.4 Å². The molecule has 1 saturated carbocycles. The quantitative estimate of drug-likeness (QED) is 0.391. The summed E-state index contributed by atoms with van der Waals surface area (Å²) in [5.41, 5.74) is 1.54. The average Bonchev–Trinajstić information content (AvgIpc) is 2.96. The Bertz CT molecular complexity index is 392. The smallest absolute Gasteiger partial charge is 0.244 e. The molecule has 0 aromatic rings. The number of amides is 3. The molecule has 1 atom stereocenters. The van der Waals surface area contributed by atoms with E-state index in [1.807, 2.05) is 13.8 Å². The van der Waals surface area contributed by atoms with Crippen molar-refractivity contribution in [2.24, 2.45) is 11.8 Å². The number of hydrogen-bond acceptors (Lipinski definition) is 4. The zero-order valence-electron chi connectivity index (χ0n) is 13.4. The number of carbonyl (C=O) groups excluding carboxylic acids is 3. The highest BCUT2D eigenvalue weighted by Gasteiger charge is 2.24. The van der Waals surface area contributed by atoms with E-state index in [-0.39, 0.29) is 36.7 Å². The summed E-state index contributed by atoms with van der Waals surface area (Å²) >= 11 is 0. The molecule has 0 aromatic heterocycles. The normalized spacial score (nSPS) is 16.4. The van der Waals surface area contributed by atoms with Crippen LogP contribution in [0.1, 0.15) is 52.4 Å². The second kappa shape index (κ2) is 9.40.